The van der Waals surface area contributed by atoms with Crippen LogP contribution < -0.4 is 21.3 Å². The number of aliphatic hydroxyl groups is 21. The van der Waals surface area contributed by atoms with Gasteiger partial charge < -0.3 is 200 Å². The fourth-order valence-corrected chi connectivity index (χ4v) is 12.8. The van der Waals surface area contributed by atoms with Gasteiger partial charge in [0.15, 0.2) is 50.3 Å². The molecule has 44 heteroatoms. The molecule has 578 valence electrons. The molecule has 8 heterocycles. The molecule has 0 unspecified atom stereocenters. The minimum absolute atomic E-state index is 0.771. The molecule has 44 nitrogen and oxygen atoms in total. The van der Waals surface area contributed by atoms with E-state index in [1.54, 1.807) is 0 Å². The molecule has 0 aromatic rings. The Hall–Kier alpha value is -3.56. The lowest BCUT2D eigenvalue weighted by Crippen LogP contribution is -2.70. The maximum atomic E-state index is 13.0. The molecule has 40 atom stereocenters. The highest BCUT2D eigenvalue weighted by molar-refractivity contribution is 5.74. The smallest absolute Gasteiger partial charge is 0.217 e. The monoisotopic (exact) mass is 1460 g/mol. The van der Waals surface area contributed by atoms with Crippen LogP contribution in [-0.2, 0) is 90.2 Å². The van der Waals surface area contributed by atoms with Gasteiger partial charge in [-0.15, -0.1) is 0 Å². The second-order valence-corrected chi connectivity index (χ2v) is 25.4. The fraction of sp³-hybridized carbons (Fsp3) is 0.929. The van der Waals surface area contributed by atoms with Gasteiger partial charge in [-0.25, -0.2) is 0 Å². The molecule has 0 aliphatic carbocycles. The van der Waals surface area contributed by atoms with Crippen LogP contribution in [0.1, 0.15) is 34.6 Å². The third-order valence-corrected chi connectivity index (χ3v) is 18.2. The van der Waals surface area contributed by atoms with Gasteiger partial charge in [0.2, 0.25) is 23.6 Å². The molecule has 0 radical (unpaired) electrons. The van der Waals surface area contributed by atoms with Crippen LogP contribution in [0.3, 0.4) is 0 Å². The summed E-state index contributed by atoms with van der Waals surface area (Å²) in [6, 6.07) is -7.04. The Morgan fingerprint density at radius 3 is 1.10 bits per heavy atom. The number of rotatable bonds is 25. The van der Waals surface area contributed by atoms with Crippen LogP contribution >= 0.6 is 0 Å². The molecular formula is C56H94N4O40. The highest BCUT2D eigenvalue weighted by Gasteiger charge is 2.59. The van der Waals surface area contributed by atoms with Gasteiger partial charge in [-0.3, -0.25) is 19.2 Å². The molecule has 0 spiro atoms. The standard InChI is InChI=1S/C56H94N4O40/c1-13-29(70)38(79)41(82)53(88-13)86-12-24-46(35(76)25(49(85)89-24)57-14(2)66)97-51-27(59-16(4)68)37(78)45(22(10-65)93-51)98-55-43(84)47(99-54-42(83)39(80)31(72)19(7-62)91-54)33(74)23(95-55)11-87-56-48(40(81)32(73)20(8-63)92-56)100-52-28(60-17(5)69)36(77)44(21(9-64)94-52)96-50-26(58-15(3)67)34(75)30(71)18(6-61)90-50/h13,18-56,61-65,70-85H,6-12H2,1-5H3,(H,57,66)(H,58,67)(H,59,68)(H,60,69)/t13-,18+,19+,20+,21+,22+,23+,24+,25+,26+,27+,28+,29+,30+,31+,32+,33+,34+,35+,36+,37+,38+,39-,40-,41-,42-,43-,44+,45+,46+,47-,48-,49+,50-,51-,52-,53+,54+,55-,56-/m0/s1. The van der Waals surface area contributed by atoms with Gasteiger partial charge >= 0.3 is 0 Å². The number of amides is 4. The van der Waals surface area contributed by atoms with Gasteiger partial charge in [0.25, 0.3) is 0 Å². The van der Waals surface area contributed by atoms with Crippen LogP contribution in [0.25, 0.3) is 0 Å². The molecule has 0 bridgehead atoms. The highest BCUT2D eigenvalue weighted by Crippen LogP contribution is 2.38. The van der Waals surface area contributed by atoms with Crippen molar-refractivity contribution in [3.05, 3.63) is 0 Å². The Kier molecular flexibility index (Phi) is 29.3. The van der Waals surface area contributed by atoms with Crippen molar-refractivity contribution in [1.29, 1.82) is 0 Å². The van der Waals surface area contributed by atoms with Crippen molar-refractivity contribution in [1.82, 2.24) is 21.3 Å². The summed E-state index contributed by atoms with van der Waals surface area (Å²) < 4.78 is 88.3. The van der Waals surface area contributed by atoms with Gasteiger partial charge in [-0.05, 0) is 6.92 Å². The van der Waals surface area contributed by atoms with Crippen molar-refractivity contribution in [2.75, 3.05) is 46.2 Å². The topological polar surface area (TPSA) is 680 Å². The maximum Gasteiger partial charge on any atom is 0.217 e. The third-order valence-electron chi connectivity index (χ3n) is 18.2. The van der Waals surface area contributed by atoms with Crippen molar-refractivity contribution >= 4 is 23.6 Å². The average Bonchev–Trinajstić information content (AvgIpc) is 0.776. The lowest BCUT2D eigenvalue weighted by Gasteiger charge is -2.50. The zero-order valence-corrected chi connectivity index (χ0v) is 54.2. The highest BCUT2D eigenvalue weighted by atomic mass is 16.8. The Morgan fingerprint density at radius 1 is 0.280 bits per heavy atom. The quantitative estimate of drug-likeness (QED) is 0.0404. The van der Waals surface area contributed by atoms with Gasteiger partial charge in [-0.2, -0.15) is 0 Å². The number of carbonyl (C=O) groups is 4. The Balaban J connectivity index is 1.07. The first-order chi connectivity index (χ1) is 47.2. The van der Waals surface area contributed by atoms with Crippen LogP contribution in [0.4, 0.5) is 0 Å². The molecule has 25 N–H and O–H groups in total. The van der Waals surface area contributed by atoms with E-state index in [0.717, 1.165) is 27.7 Å². The van der Waals surface area contributed by atoms with E-state index in [4.69, 9.17) is 71.1 Å². The summed E-state index contributed by atoms with van der Waals surface area (Å²) >= 11 is 0. The zero-order valence-electron chi connectivity index (χ0n) is 54.2. The van der Waals surface area contributed by atoms with E-state index < -0.39 is 315 Å². The molecule has 8 rings (SSSR count). The summed E-state index contributed by atoms with van der Waals surface area (Å²) in [6.45, 7) is -1.75. The minimum atomic E-state index is -2.40. The molecule has 8 saturated heterocycles. The van der Waals surface area contributed by atoms with Gasteiger partial charge in [0.1, 0.15) is 189 Å². The van der Waals surface area contributed by atoms with Gasteiger partial charge in [-0.1, -0.05) is 0 Å². The fourth-order valence-electron chi connectivity index (χ4n) is 12.8. The largest absolute Gasteiger partial charge is 0.394 e. The van der Waals surface area contributed by atoms with E-state index in [2.05, 4.69) is 21.3 Å². The van der Waals surface area contributed by atoms with E-state index in [-0.39, 0.29) is 0 Å². The van der Waals surface area contributed by atoms with E-state index in [0.29, 0.717) is 0 Å². The Labute approximate surface area is 567 Å². The molecule has 0 saturated carbocycles. The number of hydrogen-bond acceptors (Lipinski definition) is 40. The number of aliphatic hydroxyl groups excluding tert-OH is 21. The molecular weight excluding hydrogens is 1370 g/mol. The number of carbonyl (C=O) groups excluding carboxylic acids is 4. The first-order valence-corrected chi connectivity index (χ1v) is 32.0. The van der Waals surface area contributed by atoms with E-state index in [9.17, 15) is 126 Å². The normalized spacial score (nSPS) is 48.7. The SMILES string of the molecule is CC(=O)N[C@@H]1[C@@H](O)[C@H](O[C@@H]2O[C@H](CO)[C@@H](O[C@@H]3O[C@H](CO[C@H]4O[C@H](CO)[C@@H](O)[C@H](O)[C@@H]4O[C@@H]4O[C@H](CO)[C@@H](O[C@@H]5O[C@H](CO)[C@@H](O)[C@H](O)[C@H]5NC(C)=O)[C@H](O)[C@H]4NC(C)=O)[C@@H](O)[C@H](O[C@H]4O[C@H](CO)[C@@H](O)[C@H](O)[C@@H]4O)[C@@H]3O)[C@H](O)[C@H]2NC(C)=O)[C@@H](CO[C@@H]2O[C@@H](C)[C@@H](O)[C@@H](O)[C@@H]2O)O[C@H]1O. The third kappa shape index (κ3) is 18.3. The first kappa shape index (κ1) is 82.1. The Morgan fingerprint density at radius 2 is 0.610 bits per heavy atom. The summed E-state index contributed by atoms with van der Waals surface area (Å²) in [5, 5.41) is 241. The average molecular weight is 1460 g/mol. The zero-order chi connectivity index (χ0) is 73.8. The number of nitrogens with one attached hydrogen (secondary N) is 4. The van der Waals surface area contributed by atoms with Crippen molar-refractivity contribution in [2.45, 2.75) is 280 Å². The summed E-state index contributed by atoms with van der Waals surface area (Å²) in [4.78, 5) is 50.3. The maximum absolute atomic E-state index is 13.0. The molecule has 100 heavy (non-hydrogen) atoms. The van der Waals surface area contributed by atoms with Crippen molar-refractivity contribution in [3.8, 4) is 0 Å². The molecule has 8 fully saturated rings. The van der Waals surface area contributed by atoms with Crippen LogP contribution in [-0.4, -0.2) is 423 Å². The summed E-state index contributed by atoms with van der Waals surface area (Å²) in [5.74, 6) is -3.38. The summed E-state index contributed by atoms with van der Waals surface area (Å²) in [5.41, 5.74) is 0. The van der Waals surface area contributed by atoms with Crippen molar-refractivity contribution < 1.29 is 197 Å². The molecule has 0 aromatic carbocycles. The summed E-state index contributed by atoms with van der Waals surface area (Å²) in [7, 11) is 0. The van der Waals surface area contributed by atoms with Crippen molar-refractivity contribution in [2.24, 2.45) is 0 Å². The predicted octanol–water partition coefficient (Wildman–Crippen LogP) is -16.8. The van der Waals surface area contributed by atoms with Crippen LogP contribution in [0.2, 0.25) is 0 Å². The van der Waals surface area contributed by atoms with E-state index >= 15 is 0 Å². The minimum Gasteiger partial charge on any atom is -0.394 e. The summed E-state index contributed by atoms with van der Waals surface area (Å²) in [6.07, 6.45) is -70.3. The second-order valence-electron chi connectivity index (χ2n) is 25.4. The first-order valence-electron chi connectivity index (χ1n) is 32.0. The van der Waals surface area contributed by atoms with Crippen molar-refractivity contribution in [3.63, 3.8) is 0 Å². The predicted molar refractivity (Wildman–Crippen MR) is 309 cm³/mol. The molecule has 4 amide bonds. The van der Waals surface area contributed by atoms with Crippen LogP contribution in [0.5, 0.6) is 0 Å². The van der Waals surface area contributed by atoms with Crippen LogP contribution in [0, 0.1) is 0 Å². The molecule has 8 aliphatic rings. The lowest BCUT2D eigenvalue weighted by molar-refractivity contribution is -0.388. The number of hydrogen-bond donors (Lipinski definition) is 25. The molecule has 8 aliphatic heterocycles. The number of ether oxygens (including phenoxy) is 15. The van der Waals surface area contributed by atoms with Gasteiger partial charge in [0.05, 0.1) is 52.4 Å². The van der Waals surface area contributed by atoms with Crippen LogP contribution in [0.15, 0.2) is 0 Å². The Bertz CT molecular complexity index is 2620. The lowest BCUT2D eigenvalue weighted by atomic mass is 9.93. The second kappa shape index (κ2) is 35.7. The van der Waals surface area contributed by atoms with E-state index in [1.165, 1.54) is 6.92 Å². The van der Waals surface area contributed by atoms with E-state index in [1.807, 2.05) is 0 Å². The molecule has 0 aromatic heterocycles. The van der Waals surface area contributed by atoms with Gasteiger partial charge in [0, 0.05) is 27.7 Å².